The summed E-state index contributed by atoms with van der Waals surface area (Å²) in [6, 6.07) is 10.1. The number of hydrogen-bond acceptors (Lipinski definition) is 2. The van der Waals surface area contributed by atoms with Gasteiger partial charge in [-0.15, -0.1) is 0 Å². The van der Waals surface area contributed by atoms with E-state index in [-0.39, 0.29) is 0 Å². The van der Waals surface area contributed by atoms with Crippen molar-refractivity contribution in [2.75, 3.05) is 5.73 Å². The lowest BCUT2D eigenvalue weighted by Crippen LogP contribution is -2.04. The summed E-state index contributed by atoms with van der Waals surface area (Å²) in [4.78, 5) is 4.54. The Balaban J connectivity index is 2.47. The van der Waals surface area contributed by atoms with E-state index in [2.05, 4.69) is 16.5 Å². The monoisotopic (exact) mass is 215 g/mol. The SMILES string of the molecule is CCCn1c(C)nc(-c2ccccc2)c1N. The highest BCUT2D eigenvalue weighted by molar-refractivity contribution is 5.70. The molecule has 0 saturated heterocycles. The van der Waals surface area contributed by atoms with Gasteiger partial charge in [0.05, 0.1) is 0 Å². The van der Waals surface area contributed by atoms with Gasteiger partial charge in [0.25, 0.3) is 0 Å². The number of imidazole rings is 1. The van der Waals surface area contributed by atoms with Gasteiger partial charge < -0.3 is 10.3 Å². The summed E-state index contributed by atoms with van der Waals surface area (Å²) in [5.41, 5.74) is 8.10. The molecule has 16 heavy (non-hydrogen) atoms. The summed E-state index contributed by atoms with van der Waals surface area (Å²) in [6.07, 6.45) is 1.07. The lowest BCUT2D eigenvalue weighted by molar-refractivity contribution is 0.665. The predicted molar refractivity (Wildman–Crippen MR) is 67.1 cm³/mol. The third-order valence-electron chi connectivity index (χ3n) is 2.69. The Morgan fingerprint density at radius 3 is 2.56 bits per heavy atom. The van der Waals surface area contributed by atoms with E-state index in [4.69, 9.17) is 5.73 Å². The third-order valence-corrected chi connectivity index (χ3v) is 2.69. The van der Waals surface area contributed by atoms with Gasteiger partial charge in [-0.3, -0.25) is 0 Å². The first kappa shape index (κ1) is 10.7. The summed E-state index contributed by atoms with van der Waals surface area (Å²) in [7, 11) is 0. The zero-order valence-electron chi connectivity index (χ0n) is 9.77. The van der Waals surface area contributed by atoms with E-state index in [0.717, 1.165) is 35.9 Å². The van der Waals surface area contributed by atoms with Crippen molar-refractivity contribution >= 4 is 5.82 Å². The van der Waals surface area contributed by atoms with Crippen LogP contribution in [0.1, 0.15) is 19.2 Å². The first-order valence-electron chi connectivity index (χ1n) is 5.62. The maximum Gasteiger partial charge on any atom is 0.131 e. The Morgan fingerprint density at radius 2 is 1.94 bits per heavy atom. The van der Waals surface area contributed by atoms with Gasteiger partial charge in [0.1, 0.15) is 17.3 Å². The largest absolute Gasteiger partial charge is 0.383 e. The molecule has 0 bridgehead atoms. The molecule has 1 aromatic heterocycles. The number of nitrogen functional groups attached to an aromatic ring is 1. The van der Waals surface area contributed by atoms with Crippen LogP contribution in [0.25, 0.3) is 11.3 Å². The molecule has 0 aliphatic heterocycles. The van der Waals surface area contributed by atoms with E-state index in [1.54, 1.807) is 0 Å². The zero-order valence-corrected chi connectivity index (χ0v) is 9.77. The summed E-state index contributed by atoms with van der Waals surface area (Å²) >= 11 is 0. The molecule has 0 saturated carbocycles. The van der Waals surface area contributed by atoms with Gasteiger partial charge in [0, 0.05) is 12.1 Å². The van der Waals surface area contributed by atoms with E-state index in [0.29, 0.717) is 0 Å². The summed E-state index contributed by atoms with van der Waals surface area (Å²) in [5, 5.41) is 0. The van der Waals surface area contributed by atoms with Gasteiger partial charge >= 0.3 is 0 Å². The van der Waals surface area contributed by atoms with Crippen LogP contribution in [0.15, 0.2) is 30.3 Å². The highest BCUT2D eigenvalue weighted by Crippen LogP contribution is 2.25. The molecule has 2 aromatic rings. The van der Waals surface area contributed by atoms with Crippen molar-refractivity contribution in [2.45, 2.75) is 26.8 Å². The van der Waals surface area contributed by atoms with Gasteiger partial charge in [-0.2, -0.15) is 0 Å². The van der Waals surface area contributed by atoms with Gasteiger partial charge in [-0.25, -0.2) is 4.98 Å². The molecular weight excluding hydrogens is 198 g/mol. The molecule has 3 nitrogen and oxygen atoms in total. The quantitative estimate of drug-likeness (QED) is 0.855. The standard InChI is InChI=1S/C13H17N3/c1-3-9-16-10(2)15-12(13(16)14)11-7-5-4-6-8-11/h4-8H,3,9,14H2,1-2H3. The Labute approximate surface area is 95.9 Å². The normalized spacial score (nSPS) is 10.6. The minimum absolute atomic E-state index is 0.769. The molecule has 1 heterocycles. The van der Waals surface area contributed by atoms with Crippen molar-refractivity contribution in [3.8, 4) is 11.3 Å². The number of nitrogens with zero attached hydrogens (tertiary/aromatic N) is 2. The van der Waals surface area contributed by atoms with Crippen molar-refractivity contribution in [1.82, 2.24) is 9.55 Å². The van der Waals surface area contributed by atoms with Crippen LogP contribution in [0.5, 0.6) is 0 Å². The lowest BCUT2D eigenvalue weighted by atomic mass is 10.1. The number of aryl methyl sites for hydroxylation is 1. The highest BCUT2D eigenvalue weighted by atomic mass is 15.1. The molecular formula is C13H17N3. The van der Waals surface area contributed by atoms with E-state index in [9.17, 15) is 0 Å². The molecule has 0 atom stereocenters. The summed E-state index contributed by atoms with van der Waals surface area (Å²) < 4.78 is 2.07. The van der Waals surface area contributed by atoms with Crippen molar-refractivity contribution in [3.05, 3.63) is 36.2 Å². The summed E-state index contributed by atoms with van der Waals surface area (Å²) in [6.45, 7) is 5.07. The molecule has 0 unspecified atom stereocenters. The van der Waals surface area contributed by atoms with Crippen LogP contribution in [-0.4, -0.2) is 9.55 Å². The fraction of sp³-hybridized carbons (Fsp3) is 0.308. The number of aromatic nitrogens is 2. The third kappa shape index (κ3) is 1.81. The molecule has 0 spiro atoms. The first-order chi connectivity index (χ1) is 7.74. The predicted octanol–water partition coefficient (Wildman–Crippen LogP) is 2.85. The highest BCUT2D eigenvalue weighted by Gasteiger charge is 2.12. The number of hydrogen-bond donors (Lipinski definition) is 1. The fourth-order valence-electron chi connectivity index (χ4n) is 1.90. The summed E-state index contributed by atoms with van der Waals surface area (Å²) in [5.74, 6) is 1.75. The van der Waals surface area contributed by atoms with Crippen LogP contribution in [0.3, 0.4) is 0 Å². The molecule has 1 aromatic carbocycles. The van der Waals surface area contributed by atoms with Crippen LogP contribution in [0.4, 0.5) is 5.82 Å². The topological polar surface area (TPSA) is 43.8 Å². The second-order valence-corrected chi connectivity index (χ2v) is 3.91. The number of anilines is 1. The van der Waals surface area contributed by atoms with Crippen molar-refractivity contribution < 1.29 is 0 Å². The molecule has 2 N–H and O–H groups in total. The second kappa shape index (κ2) is 4.39. The average Bonchev–Trinajstić information content (AvgIpc) is 2.59. The maximum absolute atomic E-state index is 6.12. The van der Waals surface area contributed by atoms with E-state index >= 15 is 0 Å². The Morgan fingerprint density at radius 1 is 1.25 bits per heavy atom. The van der Waals surface area contributed by atoms with Crippen LogP contribution in [0, 0.1) is 6.92 Å². The molecule has 0 aliphatic rings. The molecule has 0 amide bonds. The molecule has 84 valence electrons. The van der Waals surface area contributed by atoms with Crippen LogP contribution in [0.2, 0.25) is 0 Å². The Hall–Kier alpha value is -1.77. The minimum Gasteiger partial charge on any atom is -0.383 e. The molecule has 0 aliphatic carbocycles. The smallest absolute Gasteiger partial charge is 0.131 e. The fourth-order valence-corrected chi connectivity index (χ4v) is 1.90. The Bertz CT molecular complexity index is 471. The van der Waals surface area contributed by atoms with Crippen LogP contribution < -0.4 is 5.73 Å². The minimum atomic E-state index is 0.769. The van der Waals surface area contributed by atoms with E-state index in [1.807, 2.05) is 37.3 Å². The molecule has 3 heteroatoms. The Kier molecular flexibility index (Phi) is 2.95. The van der Waals surface area contributed by atoms with Crippen molar-refractivity contribution in [3.63, 3.8) is 0 Å². The maximum atomic E-state index is 6.12. The number of nitrogens with two attached hydrogens (primary N) is 1. The second-order valence-electron chi connectivity index (χ2n) is 3.91. The number of benzene rings is 1. The molecule has 0 fully saturated rings. The van der Waals surface area contributed by atoms with Crippen LogP contribution >= 0.6 is 0 Å². The van der Waals surface area contributed by atoms with Crippen LogP contribution in [-0.2, 0) is 6.54 Å². The van der Waals surface area contributed by atoms with Gasteiger partial charge in [0.2, 0.25) is 0 Å². The van der Waals surface area contributed by atoms with Gasteiger partial charge in [-0.05, 0) is 13.3 Å². The number of rotatable bonds is 3. The van der Waals surface area contributed by atoms with Gasteiger partial charge in [-0.1, -0.05) is 37.3 Å². The van der Waals surface area contributed by atoms with E-state index < -0.39 is 0 Å². The lowest BCUT2D eigenvalue weighted by Gasteiger charge is -2.05. The molecule has 2 rings (SSSR count). The van der Waals surface area contributed by atoms with Crippen molar-refractivity contribution in [1.29, 1.82) is 0 Å². The van der Waals surface area contributed by atoms with E-state index in [1.165, 1.54) is 0 Å². The average molecular weight is 215 g/mol. The first-order valence-corrected chi connectivity index (χ1v) is 5.62. The van der Waals surface area contributed by atoms with Crippen molar-refractivity contribution in [2.24, 2.45) is 0 Å². The zero-order chi connectivity index (χ0) is 11.5. The van der Waals surface area contributed by atoms with Gasteiger partial charge in [0.15, 0.2) is 0 Å². The molecule has 0 radical (unpaired) electrons.